The Morgan fingerprint density at radius 2 is 1.49 bits per heavy atom. The molecular weight excluding hydrogens is 442 g/mol. The van der Waals surface area contributed by atoms with Gasteiger partial charge in [0.05, 0.1) is 24.5 Å². The van der Waals surface area contributed by atoms with Crippen LogP contribution in [0.1, 0.15) is 28.5 Å². The third kappa shape index (κ3) is 3.91. The number of benzene rings is 3. The molecule has 1 heterocycles. The van der Waals surface area contributed by atoms with E-state index in [-0.39, 0.29) is 0 Å². The van der Waals surface area contributed by atoms with Crippen LogP contribution in [0.3, 0.4) is 0 Å². The first-order chi connectivity index (χ1) is 17.0. The second-order valence-corrected chi connectivity index (χ2v) is 8.79. The van der Waals surface area contributed by atoms with Crippen LogP contribution in [0, 0.1) is 18.8 Å². The number of nitrogens with zero attached hydrogens (tertiary/aromatic N) is 1. The van der Waals surface area contributed by atoms with Crippen molar-refractivity contribution in [2.24, 2.45) is 11.8 Å². The van der Waals surface area contributed by atoms with E-state index in [2.05, 4.69) is 4.98 Å². The minimum Gasteiger partial charge on any atom is -0.496 e. The molecule has 3 aromatic carbocycles. The molecule has 176 valence electrons. The number of esters is 1. The number of aliphatic carboxylic acids is 1. The molecule has 4 atom stereocenters. The summed E-state index contributed by atoms with van der Waals surface area (Å²) in [5.41, 5.74) is 3.18. The van der Waals surface area contributed by atoms with Crippen molar-refractivity contribution >= 4 is 22.8 Å². The first-order valence-electron chi connectivity index (χ1n) is 11.5. The van der Waals surface area contributed by atoms with Crippen LogP contribution in [0.2, 0.25) is 0 Å². The number of carbonyl (C=O) groups is 2. The summed E-state index contributed by atoms with van der Waals surface area (Å²) >= 11 is 0. The maximum atomic E-state index is 13.8. The van der Waals surface area contributed by atoms with Crippen molar-refractivity contribution in [3.8, 4) is 11.5 Å². The fraction of sp³-hybridized carbons (Fsp3) is 0.207. The Morgan fingerprint density at radius 3 is 2.23 bits per heavy atom. The SMILES string of the molecule is COc1ccccc1[C@H]1[C@@H](C(=O)O)[C@H](c2ccccc2C)[C@@H]1C(=O)Oc1cccc2ncccc12. The third-order valence-electron chi connectivity index (χ3n) is 6.97. The highest BCUT2D eigenvalue weighted by Crippen LogP contribution is 2.60. The number of fused-ring (bicyclic) bond motifs is 1. The smallest absolute Gasteiger partial charge is 0.315 e. The van der Waals surface area contributed by atoms with Gasteiger partial charge in [0.1, 0.15) is 11.5 Å². The molecular formula is C29H25NO5. The van der Waals surface area contributed by atoms with E-state index in [4.69, 9.17) is 9.47 Å². The van der Waals surface area contributed by atoms with Gasteiger partial charge in [0.2, 0.25) is 0 Å². The molecule has 0 spiro atoms. The standard InChI is InChI=1S/C29H25NO5/c1-17-9-3-4-10-18(17)24-26(28(31)32)25(20-11-5-6-14-22(20)34-2)27(24)29(33)35-23-15-7-13-21-19(23)12-8-16-30-21/h3-16,24-27H,1-2H3,(H,31,32)/t24-,25-,26-,27-/m0/s1. The van der Waals surface area contributed by atoms with Crippen LogP contribution in [-0.4, -0.2) is 29.1 Å². The van der Waals surface area contributed by atoms with Gasteiger partial charge in [-0.25, -0.2) is 0 Å². The molecule has 1 N–H and O–H groups in total. The van der Waals surface area contributed by atoms with E-state index in [1.807, 2.05) is 61.5 Å². The van der Waals surface area contributed by atoms with E-state index in [1.165, 1.54) is 0 Å². The number of pyridine rings is 1. The van der Waals surface area contributed by atoms with E-state index >= 15 is 0 Å². The molecule has 5 rings (SSSR count). The lowest BCUT2D eigenvalue weighted by atomic mass is 9.52. The zero-order valence-electron chi connectivity index (χ0n) is 19.4. The second kappa shape index (κ2) is 9.22. The topological polar surface area (TPSA) is 85.7 Å². The summed E-state index contributed by atoms with van der Waals surface area (Å²) in [5.74, 6) is -3.12. The lowest BCUT2D eigenvalue weighted by Crippen LogP contribution is -2.52. The number of aryl methyl sites for hydroxylation is 1. The Kier molecular flexibility index (Phi) is 5.95. The molecule has 1 aliphatic carbocycles. The van der Waals surface area contributed by atoms with Crippen molar-refractivity contribution in [2.45, 2.75) is 18.8 Å². The van der Waals surface area contributed by atoms with Crippen LogP contribution in [0.4, 0.5) is 0 Å². The summed E-state index contributed by atoms with van der Waals surface area (Å²) in [5, 5.41) is 11.0. The molecule has 0 amide bonds. The number of aromatic nitrogens is 1. The number of rotatable bonds is 6. The lowest BCUT2D eigenvalue weighted by molar-refractivity contribution is -0.158. The molecule has 0 unspecified atom stereocenters. The molecule has 1 fully saturated rings. The van der Waals surface area contributed by atoms with Gasteiger partial charge in [-0.15, -0.1) is 0 Å². The van der Waals surface area contributed by atoms with Gasteiger partial charge in [0.15, 0.2) is 0 Å². The molecule has 0 aliphatic heterocycles. The van der Waals surface area contributed by atoms with Crippen molar-refractivity contribution in [3.63, 3.8) is 0 Å². The summed E-state index contributed by atoms with van der Waals surface area (Å²) in [6, 6.07) is 23.9. The number of para-hydroxylation sites is 1. The average Bonchev–Trinajstić information content (AvgIpc) is 2.85. The second-order valence-electron chi connectivity index (χ2n) is 8.79. The van der Waals surface area contributed by atoms with Crippen LogP contribution in [0.15, 0.2) is 85.1 Å². The molecule has 1 saturated carbocycles. The largest absolute Gasteiger partial charge is 0.496 e. The highest BCUT2D eigenvalue weighted by molar-refractivity contribution is 5.90. The molecule has 4 aromatic rings. The average molecular weight is 468 g/mol. The number of carboxylic acids is 1. The summed E-state index contributed by atoms with van der Waals surface area (Å²) in [6.07, 6.45) is 1.68. The van der Waals surface area contributed by atoms with Gasteiger partial charge in [-0.05, 0) is 53.9 Å². The number of hydrogen-bond donors (Lipinski definition) is 1. The van der Waals surface area contributed by atoms with Gasteiger partial charge >= 0.3 is 11.9 Å². The summed E-state index contributed by atoms with van der Waals surface area (Å²) in [6.45, 7) is 1.93. The van der Waals surface area contributed by atoms with E-state index in [1.54, 1.807) is 37.6 Å². The van der Waals surface area contributed by atoms with Gasteiger partial charge in [0.25, 0.3) is 0 Å². The zero-order valence-corrected chi connectivity index (χ0v) is 19.4. The van der Waals surface area contributed by atoms with E-state index in [0.717, 1.165) is 16.5 Å². The van der Waals surface area contributed by atoms with Crippen LogP contribution in [0.25, 0.3) is 10.9 Å². The van der Waals surface area contributed by atoms with Crippen molar-refractivity contribution in [3.05, 3.63) is 102 Å². The first-order valence-corrected chi connectivity index (χ1v) is 11.5. The Bertz CT molecular complexity index is 1410. The number of carbonyl (C=O) groups excluding carboxylic acids is 1. The molecule has 0 saturated heterocycles. The maximum Gasteiger partial charge on any atom is 0.315 e. The quantitative estimate of drug-likeness (QED) is 0.304. The lowest BCUT2D eigenvalue weighted by Gasteiger charge is -2.49. The number of ether oxygens (including phenoxy) is 2. The maximum absolute atomic E-state index is 13.8. The highest BCUT2D eigenvalue weighted by atomic mass is 16.5. The van der Waals surface area contributed by atoms with E-state index < -0.39 is 35.6 Å². The van der Waals surface area contributed by atoms with Gasteiger partial charge < -0.3 is 14.6 Å². The Balaban J connectivity index is 1.61. The zero-order chi connectivity index (χ0) is 24.5. The molecule has 0 bridgehead atoms. The third-order valence-corrected chi connectivity index (χ3v) is 6.97. The Morgan fingerprint density at radius 1 is 0.800 bits per heavy atom. The molecule has 1 aliphatic rings. The van der Waals surface area contributed by atoms with Crippen molar-refractivity contribution in [1.82, 2.24) is 4.98 Å². The van der Waals surface area contributed by atoms with Gasteiger partial charge in [-0.3, -0.25) is 14.6 Å². The van der Waals surface area contributed by atoms with Gasteiger partial charge in [-0.2, -0.15) is 0 Å². The fourth-order valence-corrected chi connectivity index (χ4v) is 5.37. The van der Waals surface area contributed by atoms with Crippen LogP contribution >= 0.6 is 0 Å². The summed E-state index contributed by atoms with van der Waals surface area (Å²) < 4.78 is 11.5. The summed E-state index contributed by atoms with van der Waals surface area (Å²) in [4.78, 5) is 30.7. The van der Waals surface area contributed by atoms with Crippen LogP contribution < -0.4 is 9.47 Å². The Hall–Kier alpha value is -4.19. The highest BCUT2D eigenvalue weighted by Gasteiger charge is 2.60. The molecule has 6 heteroatoms. The minimum absolute atomic E-state index is 0.404. The number of methoxy groups -OCH3 is 1. The molecule has 35 heavy (non-hydrogen) atoms. The Labute approximate surface area is 203 Å². The monoisotopic (exact) mass is 467 g/mol. The fourth-order valence-electron chi connectivity index (χ4n) is 5.37. The molecule has 6 nitrogen and oxygen atoms in total. The van der Waals surface area contributed by atoms with E-state index in [0.29, 0.717) is 22.6 Å². The minimum atomic E-state index is -0.951. The van der Waals surface area contributed by atoms with Crippen LogP contribution in [0.5, 0.6) is 11.5 Å². The van der Waals surface area contributed by atoms with Gasteiger partial charge in [0, 0.05) is 23.4 Å². The molecule has 0 radical (unpaired) electrons. The first kappa shape index (κ1) is 22.6. The van der Waals surface area contributed by atoms with Gasteiger partial charge in [-0.1, -0.05) is 48.5 Å². The van der Waals surface area contributed by atoms with E-state index in [9.17, 15) is 14.7 Å². The normalized spacial score (nSPS) is 21.2. The predicted molar refractivity (Wildman–Crippen MR) is 132 cm³/mol. The number of carboxylic acid groups (broad SMARTS) is 1. The summed E-state index contributed by atoms with van der Waals surface area (Å²) in [7, 11) is 1.54. The number of hydrogen-bond acceptors (Lipinski definition) is 5. The van der Waals surface area contributed by atoms with Crippen molar-refractivity contribution in [2.75, 3.05) is 7.11 Å². The van der Waals surface area contributed by atoms with Crippen molar-refractivity contribution in [1.29, 1.82) is 0 Å². The molecule has 1 aromatic heterocycles. The van der Waals surface area contributed by atoms with Crippen LogP contribution in [-0.2, 0) is 9.59 Å². The predicted octanol–water partition coefficient (Wildman–Crippen LogP) is 5.36. The van der Waals surface area contributed by atoms with Crippen molar-refractivity contribution < 1.29 is 24.2 Å².